The first-order valence-corrected chi connectivity index (χ1v) is 9.18. The standard InChI is InChI=1S/C22H24N4O/c1-3-17-9-11-19(12-10-17)26-22(27)20-15-21(25-16(2)24-20)23-14-13-18-7-5-4-6-8-18/h4-12,15H,3,13-14H2,1-2H3,(H,26,27)(H,23,24,25). The number of nitrogens with one attached hydrogen (secondary N) is 2. The van der Waals surface area contributed by atoms with Crippen LogP contribution in [0.1, 0.15) is 34.4 Å². The topological polar surface area (TPSA) is 66.9 Å². The molecule has 1 amide bonds. The molecule has 0 unspecified atom stereocenters. The summed E-state index contributed by atoms with van der Waals surface area (Å²) in [5.41, 5.74) is 3.59. The van der Waals surface area contributed by atoms with Crippen molar-refractivity contribution >= 4 is 17.4 Å². The van der Waals surface area contributed by atoms with Crippen molar-refractivity contribution in [2.45, 2.75) is 26.7 Å². The molecule has 5 nitrogen and oxygen atoms in total. The number of carbonyl (C=O) groups is 1. The molecule has 27 heavy (non-hydrogen) atoms. The van der Waals surface area contributed by atoms with Crippen molar-refractivity contribution in [3.05, 3.63) is 83.3 Å². The van der Waals surface area contributed by atoms with E-state index in [1.54, 1.807) is 13.0 Å². The summed E-state index contributed by atoms with van der Waals surface area (Å²) in [5, 5.41) is 6.17. The van der Waals surface area contributed by atoms with Gasteiger partial charge in [-0.15, -0.1) is 0 Å². The van der Waals surface area contributed by atoms with Crippen LogP contribution in [0.3, 0.4) is 0 Å². The van der Waals surface area contributed by atoms with Crippen LogP contribution in [-0.4, -0.2) is 22.4 Å². The van der Waals surface area contributed by atoms with E-state index >= 15 is 0 Å². The molecule has 0 aliphatic rings. The lowest BCUT2D eigenvalue weighted by molar-refractivity contribution is 0.102. The molecule has 1 heterocycles. The highest BCUT2D eigenvalue weighted by Gasteiger charge is 2.11. The van der Waals surface area contributed by atoms with E-state index in [1.807, 2.05) is 42.5 Å². The molecule has 3 rings (SSSR count). The Kier molecular flexibility index (Phi) is 6.15. The summed E-state index contributed by atoms with van der Waals surface area (Å²) < 4.78 is 0. The fourth-order valence-electron chi connectivity index (χ4n) is 2.77. The maximum absolute atomic E-state index is 12.5. The Bertz CT molecular complexity index is 892. The maximum atomic E-state index is 12.5. The summed E-state index contributed by atoms with van der Waals surface area (Å²) in [4.78, 5) is 21.2. The second kappa shape index (κ2) is 8.94. The highest BCUT2D eigenvalue weighted by molar-refractivity contribution is 6.03. The molecule has 0 saturated heterocycles. The smallest absolute Gasteiger partial charge is 0.274 e. The average molecular weight is 360 g/mol. The lowest BCUT2D eigenvalue weighted by Crippen LogP contribution is -2.16. The number of benzene rings is 2. The molecule has 0 radical (unpaired) electrons. The minimum atomic E-state index is -0.240. The van der Waals surface area contributed by atoms with E-state index in [1.165, 1.54) is 11.1 Å². The Morgan fingerprint density at radius 3 is 2.41 bits per heavy atom. The molecule has 0 atom stereocenters. The van der Waals surface area contributed by atoms with Gasteiger partial charge in [-0.3, -0.25) is 4.79 Å². The zero-order valence-corrected chi connectivity index (χ0v) is 15.7. The maximum Gasteiger partial charge on any atom is 0.274 e. The number of aromatic nitrogens is 2. The van der Waals surface area contributed by atoms with Gasteiger partial charge in [0.2, 0.25) is 0 Å². The van der Waals surface area contributed by atoms with Crippen molar-refractivity contribution in [3.8, 4) is 0 Å². The number of hydrogen-bond donors (Lipinski definition) is 2. The van der Waals surface area contributed by atoms with Crippen LogP contribution < -0.4 is 10.6 Å². The van der Waals surface area contributed by atoms with E-state index < -0.39 is 0 Å². The van der Waals surface area contributed by atoms with Crippen molar-refractivity contribution in [2.75, 3.05) is 17.2 Å². The molecule has 0 aliphatic carbocycles. The minimum Gasteiger partial charge on any atom is -0.370 e. The average Bonchev–Trinajstić information content (AvgIpc) is 2.69. The summed E-state index contributed by atoms with van der Waals surface area (Å²) in [7, 11) is 0. The molecular weight excluding hydrogens is 336 g/mol. The Morgan fingerprint density at radius 1 is 0.963 bits per heavy atom. The summed E-state index contributed by atoms with van der Waals surface area (Å²) in [6.07, 6.45) is 1.85. The molecule has 0 fully saturated rings. The quantitative estimate of drug-likeness (QED) is 0.661. The molecule has 0 aliphatic heterocycles. The van der Waals surface area contributed by atoms with Crippen molar-refractivity contribution in [1.29, 1.82) is 0 Å². The highest BCUT2D eigenvalue weighted by atomic mass is 16.1. The van der Waals surface area contributed by atoms with Crippen LogP contribution in [0.25, 0.3) is 0 Å². The fraction of sp³-hybridized carbons (Fsp3) is 0.227. The number of nitrogens with zero attached hydrogens (tertiary/aromatic N) is 2. The summed E-state index contributed by atoms with van der Waals surface area (Å²) >= 11 is 0. The third-order valence-corrected chi connectivity index (χ3v) is 4.25. The first-order valence-electron chi connectivity index (χ1n) is 9.18. The third-order valence-electron chi connectivity index (χ3n) is 4.25. The zero-order valence-electron chi connectivity index (χ0n) is 15.7. The van der Waals surface area contributed by atoms with Crippen LogP contribution in [0.15, 0.2) is 60.7 Å². The molecule has 5 heteroatoms. The third kappa shape index (κ3) is 5.38. The monoisotopic (exact) mass is 360 g/mol. The summed E-state index contributed by atoms with van der Waals surface area (Å²) in [6.45, 7) is 4.62. The van der Waals surface area contributed by atoms with Gasteiger partial charge >= 0.3 is 0 Å². The van der Waals surface area contributed by atoms with E-state index in [2.05, 4.69) is 39.7 Å². The normalized spacial score (nSPS) is 10.4. The number of anilines is 2. The molecule has 2 N–H and O–H groups in total. The number of hydrogen-bond acceptors (Lipinski definition) is 4. The van der Waals surface area contributed by atoms with E-state index in [9.17, 15) is 4.79 Å². The molecule has 0 spiro atoms. The Morgan fingerprint density at radius 2 is 1.70 bits per heavy atom. The number of rotatable bonds is 7. The zero-order chi connectivity index (χ0) is 19.1. The van der Waals surface area contributed by atoms with Gasteiger partial charge in [-0.05, 0) is 43.0 Å². The Hall–Kier alpha value is -3.21. The van der Waals surface area contributed by atoms with Crippen LogP contribution in [0.5, 0.6) is 0 Å². The van der Waals surface area contributed by atoms with Crippen LogP contribution in [0.2, 0.25) is 0 Å². The molecule has 0 bridgehead atoms. The van der Waals surface area contributed by atoms with E-state index in [0.29, 0.717) is 17.3 Å². The van der Waals surface area contributed by atoms with Crippen molar-refractivity contribution in [1.82, 2.24) is 9.97 Å². The van der Waals surface area contributed by atoms with Crippen LogP contribution in [0.4, 0.5) is 11.5 Å². The first kappa shape index (κ1) is 18.6. The second-order valence-electron chi connectivity index (χ2n) is 6.35. The van der Waals surface area contributed by atoms with Crippen LogP contribution >= 0.6 is 0 Å². The predicted octanol–water partition coefficient (Wildman–Crippen LogP) is 4.25. The van der Waals surface area contributed by atoms with Gasteiger partial charge in [0.15, 0.2) is 0 Å². The van der Waals surface area contributed by atoms with Gasteiger partial charge < -0.3 is 10.6 Å². The van der Waals surface area contributed by atoms with Crippen molar-refractivity contribution < 1.29 is 4.79 Å². The molecular formula is C22H24N4O. The minimum absolute atomic E-state index is 0.240. The first-order chi connectivity index (χ1) is 13.1. The van der Waals surface area contributed by atoms with E-state index in [0.717, 1.165) is 25.1 Å². The van der Waals surface area contributed by atoms with Crippen molar-refractivity contribution in [3.63, 3.8) is 0 Å². The van der Waals surface area contributed by atoms with E-state index in [-0.39, 0.29) is 5.91 Å². The second-order valence-corrected chi connectivity index (χ2v) is 6.35. The fourth-order valence-corrected chi connectivity index (χ4v) is 2.77. The number of aryl methyl sites for hydroxylation is 2. The molecule has 138 valence electrons. The van der Waals surface area contributed by atoms with Gasteiger partial charge in [0.25, 0.3) is 5.91 Å². The van der Waals surface area contributed by atoms with Crippen molar-refractivity contribution in [2.24, 2.45) is 0 Å². The largest absolute Gasteiger partial charge is 0.370 e. The predicted molar refractivity (Wildman–Crippen MR) is 109 cm³/mol. The van der Waals surface area contributed by atoms with Gasteiger partial charge in [0, 0.05) is 18.3 Å². The van der Waals surface area contributed by atoms with Crippen LogP contribution in [-0.2, 0) is 12.8 Å². The van der Waals surface area contributed by atoms with Gasteiger partial charge in [0.1, 0.15) is 17.3 Å². The SMILES string of the molecule is CCc1ccc(NC(=O)c2cc(NCCc3ccccc3)nc(C)n2)cc1. The van der Waals surface area contributed by atoms with Gasteiger partial charge in [-0.1, -0.05) is 49.4 Å². The number of carbonyl (C=O) groups excluding carboxylic acids is 1. The molecule has 3 aromatic rings. The summed E-state index contributed by atoms with van der Waals surface area (Å²) in [6, 6.07) is 19.8. The molecule has 2 aromatic carbocycles. The van der Waals surface area contributed by atoms with Gasteiger partial charge in [0.05, 0.1) is 0 Å². The number of amides is 1. The highest BCUT2D eigenvalue weighted by Crippen LogP contribution is 2.13. The Balaban J connectivity index is 1.63. The molecule has 1 aromatic heterocycles. The lowest BCUT2D eigenvalue weighted by Gasteiger charge is -2.10. The van der Waals surface area contributed by atoms with E-state index in [4.69, 9.17) is 0 Å². The lowest BCUT2D eigenvalue weighted by atomic mass is 10.1. The van der Waals surface area contributed by atoms with Gasteiger partial charge in [-0.25, -0.2) is 9.97 Å². The van der Waals surface area contributed by atoms with Crippen LogP contribution in [0, 0.1) is 6.92 Å². The Labute approximate surface area is 159 Å². The summed E-state index contributed by atoms with van der Waals surface area (Å²) in [5.74, 6) is 0.979. The van der Waals surface area contributed by atoms with Gasteiger partial charge in [-0.2, -0.15) is 0 Å². The molecule has 0 saturated carbocycles.